The molecule has 2 saturated carbocycles. The highest BCUT2D eigenvalue weighted by Crippen LogP contribution is 2.47. The smallest absolute Gasteiger partial charge is 0.277 e. The Morgan fingerprint density at radius 3 is 2.59 bits per heavy atom. The summed E-state index contributed by atoms with van der Waals surface area (Å²) in [5, 5.41) is 6.00. The topological polar surface area (TPSA) is 108 Å². The maximum absolute atomic E-state index is 12.8. The first-order chi connectivity index (χ1) is 13.0. The van der Waals surface area contributed by atoms with Gasteiger partial charge in [-0.2, -0.15) is 5.10 Å². The van der Waals surface area contributed by atoms with E-state index in [9.17, 15) is 19.2 Å². The summed E-state index contributed by atoms with van der Waals surface area (Å²) in [6.45, 7) is 0. The van der Waals surface area contributed by atoms with Crippen LogP contribution in [0.3, 0.4) is 0 Å². The zero-order valence-corrected chi connectivity index (χ0v) is 14.6. The lowest BCUT2D eigenvalue weighted by Crippen LogP contribution is -2.62. The first-order valence-electron chi connectivity index (χ1n) is 9.11. The van der Waals surface area contributed by atoms with Gasteiger partial charge in [0.15, 0.2) is 5.92 Å². The zero-order valence-electron chi connectivity index (χ0n) is 14.6. The van der Waals surface area contributed by atoms with Crippen LogP contribution in [0.4, 0.5) is 4.79 Å². The van der Waals surface area contributed by atoms with Crippen molar-refractivity contribution >= 4 is 30.0 Å². The van der Waals surface area contributed by atoms with Crippen LogP contribution in [0.1, 0.15) is 36.0 Å². The largest absolute Gasteiger partial charge is 0.331 e. The van der Waals surface area contributed by atoms with E-state index in [2.05, 4.69) is 15.8 Å². The minimum atomic E-state index is -1.22. The lowest BCUT2D eigenvalue weighted by Gasteiger charge is -2.36. The van der Waals surface area contributed by atoms with E-state index < -0.39 is 29.7 Å². The zero-order chi connectivity index (χ0) is 19.0. The second kappa shape index (κ2) is 6.94. The molecule has 2 aliphatic carbocycles. The maximum atomic E-state index is 12.8. The summed E-state index contributed by atoms with van der Waals surface area (Å²) in [7, 11) is 0. The molecule has 0 radical (unpaired) electrons. The molecule has 4 rings (SSSR count). The van der Waals surface area contributed by atoms with Gasteiger partial charge in [-0.25, -0.2) is 10.2 Å². The van der Waals surface area contributed by atoms with Gasteiger partial charge in [0.2, 0.25) is 11.8 Å². The monoisotopic (exact) mass is 368 g/mol. The highest BCUT2D eigenvalue weighted by molar-refractivity contribution is 6.23. The maximum Gasteiger partial charge on any atom is 0.331 e. The molecule has 0 unspecified atom stereocenters. The molecule has 1 heterocycles. The van der Waals surface area contributed by atoms with E-state index in [4.69, 9.17) is 0 Å². The van der Waals surface area contributed by atoms with E-state index in [-0.39, 0.29) is 6.04 Å². The molecule has 1 aromatic rings. The van der Waals surface area contributed by atoms with Gasteiger partial charge in [-0.15, -0.1) is 0 Å². The fourth-order valence-corrected chi connectivity index (χ4v) is 4.40. The third-order valence-corrected chi connectivity index (χ3v) is 5.69. The van der Waals surface area contributed by atoms with Crippen LogP contribution in [0.25, 0.3) is 0 Å². The lowest BCUT2D eigenvalue weighted by molar-refractivity contribution is -0.141. The van der Waals surface area contributed by atoms with Gasteiger partial charge in [-0.05, 0) is 43.2 Å². The van der Waals surface area contributed by atoms with Gasteiger partial charge in [0.1, 0.15) is 0 Å². The summed E-state index contributed by atoms with van der Waals surface area (Å²) in [5.41, 5.74) is 2.71. The average Bonchev–Trinajstić information content (AvgIpc) is 3.28. The van der Waals surface area contributed by atoms with Gasteiger partial charge >= 0.3 is 6.03 Å². The summed E-state index contributed by atoms with van der Waals surface area (Å²) in [5.74, 6) is -2.10. The fourth-order valence-electron chi connectivity index (χ4n) is 4.40. The Kier molecular flexibility index (Phi) is 4.47. The normalized spacial score (nSPS) is 30.1. The number of amides is 5. The number of hydrogen-bond donors (Lipinski definition) is 2. The predicted molar refractivity (Wildman–Crippen MR) is 95.5 cm³/mol. The van der Waals surface area contributed by atoms with Crippen LogP contribution < -0.4 is 10.7 Å². The van der Waals surface area contributed by atoms with Crippen molar-refractivity contribution in [1.29, 1.82) is 0 Å². The van der Waals surface area contributed by atoms with Gasteiger partial charge in [-0.3, -0.25) is 24.6 Å². The van der Waals surface area contributed by atoms with Crippen molar-refractivity contribution in [2.24, 2.45) is 22.9 Å². The number of benzene rings is 1. The van der Waals surface area contributed by atoms with Crippen LogP contribution in [0.15, 0.2) is 35.4 Å². The van der Waals surface area contributed by atoms with Crippen molar-refractivity contribution < 1.29 is 19.2 Å². The molecule has 2 bridgehead atoms. The Hall–Kier alpha value is -3.03. The van der Waals surface area contributed by atoms with Crippen LogP contribution in [0.5, 0.6) is 0 Å². The molecule has 8 heteroatoms. The number of rotatable bonds is 4. The third-order valence-electron chi connectivity index (χ3n) is 5.69. The Labute approximate surface area is 156 Å². The summed E-state index contributed by atoms with van der Waals surface area (Å²) < 4.78 is 0. The standard InChI is InChI=1S/C19H20N4O4/c24-16(12-4-2-1-3-5-12)22-20-10-14-17(25)21-19(27)23(18(14)26)15-9-11-6-7-13(15)8-11/h1-5,10-11,13-15H,6-9H2,(H,22,24)(H,21,25,27)/b20-10-/t11-,13-,14+,15-/m0/s1. The lowest BCUT2D eigenvalue weighted by atomic mass is 9.92. The molecule has 27 heavy (non-hydrogen) atoms. The van der Waals surface area contributed by atoms with Gasteiger partial charge in [0.05, 0.1) is 0 Å². The van der Waals surface area contributed by atoms with Crippen molar-refractivity contribution in [2.45, 2.75) is 31.7 Å². The molecule has 8 nitrogen and oxygen atoms in total. The van der Waals surface area contributed by atoms with E-state index >= 15 is 0 Å². The van der Waals surface area contributed by atoms with Crippen molar-refractivity contribution in [3.63, 3.8) is 0 Å². The summed E-state index contributed by atoms with van der Waals surface area (Å²) >= 11 is 0. The Morgan fingerprint density at radius 1 is 1.15 bits per heavy atom. The predicted octanol–water partition coefficient (Wildman–Crippen LogP) is 1.29. The molecular weight excluding hydrogens is 348 g/mol. The van der Waals surface area contributed by atoms with Crippen molar-refractivity contribution in [1.82, 2.24) is 15.6 Å². The number of hydrazone groups is 1. The Balaban J connectivity index is 1.45. The van der Waals surface area contributed by atoms with Gasteiger partial charge in [-0.1, -0.05) is 24.6 Å². The highest BCUT2D eigenvalue weighted by atomic mass is 16.2. The molecule has 4 atom stereocenters. The molecule has 0 spiro atoms. The minimum absolute atomic E-state index is 0.154. The first kappa shape index (κ1) is 17.4. The molecule has 1 aromatic carbocycles. The number of barbiturate groups is 1. The highest BCUT2D eigenvalue weighted by Gasteiger charge is 2.50. The second-order valence-electron chi connectivity index (χ2n) is 7.31. The van der Waals surface area contributed by atoms with E-state index in [1.165, 1.54) is 4.90 Å². The number of urea groups is 1. The van der Waals surface area contributed by atoms with E-state index in [0.29, 0.717) is 17.4 Å². The van der Waals surface area contributed by atoms with E-state index in [0.717, 1.165) is 31.9 Å². The molecule has 140 valence electrons. The van der Waals surface area contributed by atoms with Crippen LogP contribution >= 0.6 is 0 Å². The molecule has 5 amide bonds. The number of carbonyl (C=O) groups excluding carboxylic acids is 4. The number of carbonyl (C=O) groups is 4. The van der Waals surface area contributed by atoms with Crippen LogP contribution in [-0.2, 0) is 9.59 Å². The van der Waals surface area contributed by atoms with E-state index in [1.807, 2.05) is 0 Å². The fraction of sp³-hybridized carbons (Fsp3) is 0.421. The number of nitrogens with one attached hydrogen (secondary N) is 2. The van der Waals surface area contributed by atoms with Crippen molar-refractivity contribution in [3.8, 4) is 0 Å². The third kappa shape index (κ3) is 3.22. The Bertz CT molecular complexity index is 822. The van der Waals surface area contributed by atoms with Crippen LogP contribution in [0.2, 0.25) is 0 Å². The van der Waals surface area contributed by atoms with Gasteiger partial charge < -0.3 is 0 Å². The molecule has 1 saturated heterocycles. The number of fused-ring (bicyclic) bond motifs is 2. The molecule has 3 fully saturated rings. The van der Waals surface area contributed by atoms with E-state index in [1.54, 1.807) is 30.3 Å². The molecular formula is C19H20N4O4. The number of imide groups is 2. The van der Waals surface area contributed by atoms with Crippen LogP contribution in [0, 0.1) is 17.8 Å². The summed E-state index contributed by atoms with van der Waals surface area (Å²) in [4.78, 5) is 50.3. The van der Waals surface area contributed by atoms with Crippen LogP contribution in [-0.4, -0.2) is 40.9 Å². The number of nitrogens with zero attached hydrogens (tertiary/aromatic N) is 2. The summed E-state index contributed by atoms with van der Waals surface area (Å²) in [6, 6.07) is 7.66. The molecule has 2 N–H and O–H groups in total. The molecule has 0 aromatic heterocycles. The number of hydrogen-bond acceptors (Lipinski definition) is 5. The second-order valence-corrected chi connectivity index (χ2v) is 7.31. The first-order valence-corrected chi connectivity index (χ1v) is 9.11. The van der Waals surface area contributed by atoms with Gasteiger partial charge in [0.25, 0.3) is 5.91 Å². The minimum Gasteiger partial charge on any atom is -0.277 e. The quantitative estimate of drug-likeness (QED) is 0.474. The summed E-state index contributed by atoms with van der Waals surface area (Å²) in [6.07, 6.45) is 5.06. The SMILES string of the molecule is O=C(N/N=C\[C@@H]1C(=O)NC(=O)N([C@H]2C[C@H]3CC[C@H]2C3)C1=O)c1ccccc1. The molecule has 3 aliphatic rings. The Morgan fingerprint density at radius 2 is 1.93 bits per heavy atom. The average molecular weight is 368 g/mol. The molecule has 1 aliphatic heterocycles. The van der Waals surface area contributed by atoms with Crippen molar-refractivity contribution in [3.05, 3.63) is 35.9 Å². The van der Waals surface area contributed by atoms with Crippen molar-refractivity contribution in [2.75, 3.05) is 0 Å². The van der Waals surface area contributed by atoms with Gasteiger partial charge in [0, 0.05) is 17.8 Å².